The minimum Gasteiger partial charge on any atom is -0.434 e. The minimum absolute atomic E-state index is 0.0690. The van der Waals surface area contributed by atoms with Gasteiger partial charge in [0.1, 0.15) is 5.75 Å². The summed E-state index contributed by atoms with van der Waals surface area (Å²) in [5, 5.41) is 3.37. The molecule has 2 rings (SSSR count). The van der Waals surface area contributed by atoms with Gasteiger partial charge in [-0.25, -0.2) is 0 Å². The molecular formula is C14H20F2N2O. The first kappa shape index (κ1) is 14.2. The van der Waals surface area contributed by atoms with Gasteiger partial charge in [0, 0.05) is 37.3 Å². The maximum Gasteiger partial charge on any atom is 0.387 e. The first-order valence-corrected chi connectivity index (χ1v) is 6.59. The fraction of sp³-hybridized carbons (Fsp3) is 0.571. The molecule has 1 heterocycles. The normalized spacial score (nSPS) is 22.5. The summed E-state index contributed by atoms with van der Waals surface area (Å²) in [5.41, 5.74) is 0.817. The van der Waals surface area contributed by atoms with Crippen LogP contribution >= 0.6 is 0 Å². The monoisotopic (exact) mass is 270 g/mol. The maximum atomic E-state index is 12.4. The Hall–Kier alpha value is -1.20. The number of hydrogen-bond donors (Lipinski definition) is 1. The predicted molar refractivity (Wildman–Crippen MR) is 70.5 cm³/mol. The average Bonchev–Trinajstić information content (AvgIpc) is 2.38. The quantitative estimate of drug-likeness (QED) is 0.910. The standard InChI is InChI=1S/C14H20F2N2O/c1-10-9-18(8-7-17-10)11(2)12-5-3-4-6-13(12)19-14(15)16/h3-6,10-11,14,17H,7-9H2,1-2H3. The number of hydrogen-bond acceptors (Lipinski definition) is 3. The van der Waals surface area contributed by atoms with Crippen molar-refractivity contribution in [3.05, 3.63) is 29.8 Å². The first-order chi connectivity index (χ1) is 9.08. The van der Waals surface area contributed by atoms with Crippen molar-refractivity contribution in [2.75, 3.05) is 19.6 Å². The van der Waals surface area contributed by atoms with Crippen LogP contribution < -0.4 is 10.1 Å². The zero-order valence-corrected chi connectivity index (χ0v) is 11.3. The van der Waals surface area contributed by atoms with Gasteiger partial charge in [-0.2, -0.15) is 8.78 Å². The highest BCUT2D eigenvalue weighted by atomic mass is 19.3. The van der Waals surface area contributed by atoms with E-state index in [-0.39, 0.29) is 11.8 Å². The summed E-state index contributed by atoms with van der Waals surface area (Å²) in [7, 11) is 0. The molecule has 0 amide bonds. The van der Waals surface area contributed by atoms with Crippen molar-refractivity contribution in [1.29, 1.82) is 0 Å². The Kier molecular flexibility index (Phi) is 4.71. The molecule has 2 atom stereocenters. The van der Waals surface area contributed by atoms with Gasteiger partial charge in [0.25, 0.3) is 0 Å². The molecule has 1 aliphatic heterocycles. The van der Waals surface area contributed by atoms with Crippen molar-refractivity contribution in [2.24, 2.45) is 0 Å². The van der Waals surface area contributed by atoms with Crippen LogP contribution in [0, 0.1) is 0 Å². The third kappa shape index (κ3) is 3.64. The Morgan fingerprint density at radius 1 is 1.37 bits per heavy atom. The van der Waals surface area contributed by atoms with Gasteiger partial charge in [-0.05, 0) is 19.9 Å². The van der Waals surface area contributed by atoms with Crippen molar-refractivity contribution in [3.8, 4) is 5.75 Å². The van der Waals surface area contributed by atoms with Crippen LogP contribution in [0.2, 0.25) is 0 Å². The van der Waals surface area contributed by atoms with E-state index < -0.39 is 6.61 Å². The van der Waals surface area contributed by atoms with Gasteiger partial charge in [-0.15, -0.1) is 0 Å². The van der Waals surface area contributed by atoms with Gasteiger partial charge >= 0.3 is 6.61 Å². The molecule has 0 aliphatic carbocycles. The highest BCUT2D eigenvalue weighted by molar-refractivity contribution is 5.35. The van der Waals surface area contributed by atoms with E-state index in [4.69, 9.17) is 0 Å². The van der Waals surface area contributed by atoms with E-state index >= 15 is 0 Å². The molecule has 0 aromatic heterocycles. The Labute approximate surface area is 112 Å². The molecule has 0 bridgehead atoms. The molecule has 5 heteroatoms. The molecule has 2 unspecified atom stereocenters. The fourth-order valence-corrected chi connectivity index (χ4v) is 2.54. The van der Waals surface area contributed by atoms with E-state index in [2.05, 4.69) is 21.9 Å². The predicted octanol–water partition coefficient (Wildman–Crippen LogP) is 2.64. The number of alkyl halides is 2. The summed E-state index contributed by atoms with van der Waals surface area (Å²) >= 11 is 0. The topological polar surface area (TPSA) is 24.5 Å². The third-order valence-electron chi connectivity index (χ3n) is 3.53. The van der Waals surface area contributed by atoms with Crippen LogP contribution in [-0.4, -0.2) is 37.2 Å². The highest BCUT2D eigenvalue weighted by Gasteiger charge is 2.24. The number of benzene rings is 1. The third-order valence-corrected chi connectivity index (χ3v) is 3.53. The average molecular weight is 270 g/mol. The summed E-state index contributed by atoms with van der Waals surface area (Å²) in [5.74, 6) is 0.274. The Bertz CT molecular complexity index is 414. The zero-order valence-electron chi connectivity index (χ0n) is 11.3. The summed E-state index contributed by atoms with van der Waals surface area (Å²) < 4.78 is 29.5. The minimum atomic E-state index is -2.78. The van der Waals surface area contributed by atoms with Gasteiger partial charge in [-0.3, -0.25) is 4.90 Å². The van der Waals surface area contributed by atoms with E-state index in [0.29, 0.717) is 6.04 Å². The number of piperazine rings is 1. The van der Waals surface area contributed by atoms with Gasteiger partial charge in [-0.1, -0.05) is 18.2 Å². The number of nitrogens with zero attached hydrogens (tertiary/aromatic N) is 1. The van der Waals surface area contributed by atoms with E-state index in [1.165, 1.54) is 0 Å². The number of halogens is 2. The molecule has 1 fully saturated rings. The Morgan fingerprint density at radius 2 is 2.11 bits per heavy atom. The van der Waals surface area contributed by atoms with Crippen LogP contribution in [0.5, 0.6) is 5.75 Å². The van der Waals surface area contributed by atoms with E-state index in [9.17, 15) is 8.78 Å². The lowest BCUT2D eigenvalue weighted by Crippen LogP contribution is -2.49. The fourth-order valence-electron chi connectivity index (χ4n) is 2.54. The van der Waals surface area contributed by atoms with Crippen LogP contribution in [0.15, 0.2) is 24.3 Å². The highest BCUT2D eigenvalue weighted by Crippen LogP contribution is 2.30. The van der Waals surface area contributed by atoms with Crippen molar-refractivity contribution in [2.45, 2.75) is 32.5 Å². The number of rotatable bonds is 4. The maximum absolute atomic E-state index is 12.4. The molecule has 0 saturated carbocycles. The molecule has 1 aromatic carbocycles. The molecule has 1 aliphatic rings. The summed E-state index contributed by atoms with van der Waals surface area (Å²) in [6, 6.07) is 7.52. The molecule has 1 aromatic rings. The zero-order chi connectivity index (χ0) is 13.8. The van der Waals surface area contributed by atoms with Crippen molar-refractivity contribution in [1.82, 2.24) is 10.2 Å². The first-order valence-electron chi connectivity index (χ1n) is 6.59. The van der Waals surface area contributed by atoms with Crippen LogP contribution in [0.1, 0.15) is 25.5 Å². The van der Waals surface area contributed by atoms with Crippen molar-refractivity contribution in [3.63, 3.8) is 0 Å². The molecule has 0 radical (unpaired) electrons. The molecule has 0 spiro atoms. The molecule has 1 saturated heterocycles. The van der Waals surface area contributed by atoms with E-state index in [0.717, 1.165) is 25.2 Å². The van der Waals surface area contributed by atoms with Gasteiger partial charge in [0.05, 0.1) is 0 Å². The summed E-state index contributed by atoms with van der Waals surface area (Å²) in [6.45, 7) is 4.11. The summed E-state index contributed by atoms with van der Waals surface area (Å²) in [4.78, 5) is 2.29. The van der Waals surface area contributed by atoms with Crippen LogP contribution in [0.4, 0.5) is 8.78 Å². The van der Waals surface area contributed by atoms with Gasteiger partial charge in [0.2, 0.25) is 0 Å². The second-order valence-corrected chi connectivity index (χ2v) is 4.94. The largest absolute Gasteiger partial charge is 0.434 e. The molecule has 19 heavy (non-hydrogen) atoms. The van der Waals surface area contributed by atoms with Crippen LogP contribution in [0.3, 0.4) is 0 Å². The van der Waals surface area contributed by atoms with E-state index in [1.54, 1.807) is 12.1 Å². The Balaban J connectivity index is 2.15. The molecule has 1 N–H and O–H groups in total. The summed E-state index contributed by atoms with van der Waals surface area (Å²) in [6.07, 6.45) is 0. The lowest BCUT2D eigenvalue weighted by Gasteiger charge is -2.36. The second kappa shape index (κ2) is 6.30. The SMILES string of the molecule is CC1CN(C(C)c2ccccc2OC(F)F)CCN1. The van der Waals surface area contributed by atoms with E-state index in [1.807, 2.05) is 19.1 Å². The lowest BCUT2D eigenvalue weighted by molar-refractivity contribution is -0.0512. The van der Waals surface area contributed by atoms with Crippen LogP contribution in [0.25, 0.3) is 0 Å². The van der Waals surface area contributed by atoms with Crippen molar-refractivity contribution >= 4 is 0 Å². The number of para-hydroxylation sites is 1. The van der Waals surface area contributed by atoms with Crippen LogP contribution in [-0.2, 0) is 0 Å². The Morgan fingerprint density at radius 3 is 2.79 bits per heavy atom. The van der Waals surface area contributed by atoms with Gasteiger partial charge < -0.3 is 10.1 Å². The van der Waals surface area contributed by atoms with Crippen molar-refractivity contribution < 1.29 is 13.5 Å². The lowest BCUT2D eigenvalue weighted by atomic mass is 10.0. The molecular weight excluding hydrogens is 250 g/mol. The van der Waals surface area contributed by atoms with Gasteiger partial charge in [0.15, 0.2) is 0 Å². The molecule has 3 nitrogen and oxygen atoms in total. The number of nitrogens with one attached hydrogen (secondary N) is 1. The second-order valence-electron chi connectivity index (χ2n) is 4.94. The molecule has 106 valence electrons. The smallest absolute Gasteiger partial charge is 0.387 e. The number of ether oxygens (including phenoxy) is 1.